The third-order valence-corrected chi connectivity index (χ3v) is 6.28. The van der Waals surface area contributed by atoms with Crippen molar-refractivity contribution >= 4 is 11.9 Å². The van der Waals surface area contributed by atoms with Crippen molar-refractivity contribution in [3.8, 4) is 0 Å². The van der Waals surface area contributed by atoms with Crippen molar-refractivity contribution in [1.29, 1.82) is 0 Å². The van der Waals surface area contributed by atoms with Crippen molar-refractivity contribution in [1.82, 2.24) is 9.80 Å². The summed E-state index contributed by atoms with van der Waals surface area (Å²) in [7, 11) is 0. The Bertz CT molecular complexity index is 560. The van der Waals surface area contributed by atoms with Gasteiger partial charge in [0.15, 0.2) is 0 Å². The molecule has 2 saturated heterocycles. The van der Waals surface area contributed by atoms with E-state index in [4.69, 9.17) is 4.74 Å². The summed E-state index contributed by atoms with van der Waals surface area (Å²) in [6.45, 7) is 14.8. The van der Waals surface area contributed by atoms with E-state index in [2.05, 4.69) is 41.5 Å². The minimum Gasteiger partial charge on any atom is -0.391 e. The van der Waals surface area contributed by atoms with Crippen LogP contribution >= 0.6 is 0 Å². The lowest BCUT2D eigenvalue weighted by Crippen LogP contribution is -2.45. The Morgan fingerprint density at radius 1 is 1.19 bits per heavy atom. The van der Waals surface area contributed by atoms with E-state index in [9.17, 15) is 14.7 Å². The molecule has 0 radical (unpaired) electrons. The van der Waals surface area contributed by atoms with Crippen LogP contribution in [-0.2, 0) is 9.53 Å². The smallest absolute Gasteiger partial charge is 0.329 e. The van der Waals surface area contributed by atoms with E-state index in [-0.39, 0.29) is 35.4 Å². The van der Waals surface area contributed by atoms with E-state index in [0.717, 1.165) is 24.2 Å². The molecule has 6 nitrogen and oxygen atoms in total. The Hall–Kier alpha value is -1.14. The molecule has 3 atom stereocenters. The number of aliphatic hydroxyl groups excluding tert-OH is 1. The van der Waals surface area contributed by atoms with Crippen LogP contribution in [0.15, 0.2) is 0 Å². The normalized spacial score (nSPS) is 28.1. The number of aliphatic hydroxyl groups is 1. The van der Waals surface area contributed by atoms with E-state index in [0.29, 0.717) is 13.0 Å². The zero-order chi connectivity index (χ0) is 19.9. The quantitative estimate of drug-likeness (QED) is 0.667. The van der Waals surface area contributed by atoms with Gasteiger partial charge in [0.25, 0.3) is 5.91 Å². The molecular formula is C20H36N2O4. The average molecular weight is 369 g/mol. The predicted octanol–water partition coefficient (Wildman–Crippen LogP) is 3.38. The fraction of sp³-hybridized carbons (Fsp3) is 0.900. The van der Waals surface area contributed by atoms with Gasteiger partial charge in [-0.1, -0.05) is 54.4 Å². The van der Waals surface area contributed by atoms with Crippen molar-refractivity contribution in [2.24, 2.45) is 10.8 Å². The summed E-state index contributed by atoms with van der Waals surface area (Å²) in [4.78, 5) is 28.4. The van der Waals surface area contributed by atoms with E-state index in [1.807, 2.05) is 0 Å². The molecule has 26 heavy (non-hydrogen) atoms. The summed E-state index contributed by atoms with van der Waals surface area (Å²) in [6.07, 6.45) is 2.44. The summed E-state index contributed by atoms with van der Waals surface area (Å²) in [5.74, 6) is -0.354. The molecule has 0 aromatic rings. The first-order valence-corrected chi connectivity index (χ1v) is 9.84. The number of amides is 3. The van der Waals surface area contributed by atoms with E-state index in [1.54, 1.807) is 6.92 Å². The van der Waals surface area contributed by atoms with Crippen LogP contribution in [0.3, 0.4) is 0 Å². The molecule has 0 spiro atoms. The van der Waals surface area contributed by atoms with Gasteiger partial charge in [0.1, 0.15) is 0 Å². The molecule has 1 N–H and O–H groups in total. The molecule has 2 aliphatic rings. The van der Waals surface area contributed by atoms with Gasteiger partial charge in [-0.05, 0) is 30.6 Å². The van der Waals surface area contributed by atoms with Crippen LogP contribution in [0.4, 0.5) is 4.79 Å². The number of imide groups is 1. The van der Waals surface area contributed by atoms with Crippen LogP contribution in [0, 0.1) is 10.8 Å². The molecule has 0 aromatic carbocycles. The van der Waals surface area contributed by atoms with Gasteiger partial charge in [-0.15, -0.1) is 0 Å². The summed E-state index contributed by atoms with van der Waals surface area (Å²) in [6, 6.07) is -0.345. The summed E-state index contributed by atoms with van der Waals surface area (Å²) >= 11 is 0. The van der Waals surface area contributed by atoms with Gasteiger partial charge in [-0.25, -0.2) is 4.79 Å². The summed E-state index contributed by atoms with van der Waals surface area (Å²) in [5, 5.41) is 10.4. The molecule has 2 heterocycles. The van der Waals surface area contributed by atoms with Gasteiger partial charge < -0.3 is 9.84 Å². The predicted molar refractivity (Wildman–Crippen MR) is 100 cm³/mol. The lowest BCUT2D eigenvalue weighted by atomic mass is 9.84. The van der Waals surface area contributed by atoms with Crippen LogP contribution in [0.5, 0.6) is 0 Å². The number of fused-ring (bicyclic) bond motifs is 1. The van der Waals surface area contributed by atoms with Crippen molar-refractivity contribution in [3.63, 3.8) is 0 Å². The minimum absolute atomic E-state index is 0.0291. The molecule has 0 aromatic heterocycles. The highest BCUT2D eigenvalue weighted by molar-refractivity contribution is 6.06. The molecule has 0 saturated carbocycles. The molecular weight excluding hydrogens is 332 g/mol. The number of β-amino-alcohol motifs (C(OH)–C–C–N with tert-alkyl or cyclic N) is 1. The highest BCUT2D eigenvalue weighted by Crippen LogP contribution is 2.40. The molecule has 0 aliphatic carbocycles. The van der Waals surface area contributed by atoms with Gasteiger partial charge in [-0.3, -0.25) is 14.6 Å². The summed E-state index contributed by atoms with van der Waals surface area (Å²) in [5.41, 5.74) is -1.15. The molecule has 3 amide bonds. The molecule has 6 heteroatoms. The number of ether oxygens (including phenoxy) is 1. The Balaban J connectivity index is 2.05. The van der Waals surface area contributed by atoms with Gasteiger partial charge in [-0.2, -0.15) is 0 Å². The second-order valence-electron chi connectivity index (χ2n) is 9.63. The molecule has 2 fully saturated rings. The number of rotatable bonds is 8. The number of nitrogens with zero attached hydrogens (tertiary/aromatic N) is 2. The molecule has 150 valence electrons. The van der Waals surface area contributed by atoms with Crippen LogP contribution in [-0.4, -0.2) is 57.9 Å². The largest absolute Gasteiger partial charge is 0.391 e. The fourth-order valence-electron chi connectivity index (χ4n) is 3.80. The maximum absolute atomic E-state index is 12.9. The van der Waals surface area contributed by atoms with E-state index in [1.165, 1.54) is 4.90 Å². The first-order valence-electron chi connectivity index (χ1n) is 9.84. The SMILES string of the molecule is CCC(C)(C)CC(O)CN1C(=O)N2CC(CC(C)(C)CC)OC2(C)C1=O. The minimum atomic E-state index is -1.23. The third-order valence-electron chi connectivity index (χ3n) is 6.28. The first kappa shape index (κ1) is 21.2. The van der Waals surface area contributed by atoms with Crippen LogP contribution in [0.1, 0.15) is 74.1 Å². The van der Waals surface area contributed by atoms with Crippen molar-refractivity contribution in [2.45, 2.75) is 92.1 Å². The van der Waals surface area contributed by atoms with Gasteiger partial charge in [0.2, 0.25) is 5.72 Å². The van der Waals surface area contributed by atoms with Crippen LogP contribution in [0.25, 0.3) is 0 Å². The monoisotopic (exact) mass is 368 g/mol. The van der Waals surface area contributed by atoms with Gasteiger partial charge in [0, 0.05) is 0 Å². The Labute approximate surface area is 157 Å². The molecule has 2 aliphatic heterocycles. The lowest BCUT2D eigenvalue weighted by molar-refractivity contribution is -0.154. The van der Waals surface area contributed by atoms with E-state index >= 15 is 0 Å². The molecule has 3 unspecified atom stereocenters. The van der Waals surface area contributed by atoms with Crippen molar-refractivity contribution in [2.75, 3.05) is 13.1 Å². The highest BCUT2D eigenvalue weighted by Gasteiger charge is 2.61. The second-order valence-corrected chi connectivity index (χ2v) is 9.63. The number of hydrogen-bond donors (Lipinski definition) is 1. The number of carbonyl (C=O) groups is 2. The van der Waals surface area contributed by atoms with Crippen molar-refractivity contribution in [3.05, 3.63) is 0 Å². The molecule has 0 bridgehead atoms. The fourth-order valence-corrected chi connectivity index (χ4v) is 3.80. The Morgan fingerprint density at radius 3 is 2.27 bits per heavy atom. The Kier molecular flexibility index (Phi) is 5.79. The number of urea groups is 1. The third kappa shape index (κ3) is 4.06. The standard InChI is InChI=1S/C20H36N2O4/c1-8-18(3,4)10-14(23)12-21-16(24)20(7)22(17(21)25)13-15(26-20)11-19(5,6)9-2/h14-15,23H,8-13H2,1-7H3. The zero-order valence-corrected chi connectivity index (χ0v) is 17.5. The topological polar surface area (TPSA) is 70.1 Å². The zero-order valence-electron chi connectivity index (χ0n) is 17.5. The maximum Gasteiger partial charge on any atom is 0.329 e. The van der Waals surface area contributed by atoms with Crippen LogP contribution < -0.4 is 0 Å². The van der Waals surface area contributed by atoms with Gasteiger partial charge in [0.05, 0.1) is 25.3 Å². The number of carbonyl (C=O) groups excluding carboxylic acids is 2. The maximum atomic E-state index is 12.9. The Morgan fingerprint density at radius 2 is 1.77 bits per heavy atom. The van der Waals surface area contributed by atoms with E-state index < -0.39 is 11.8 Å². The summed E-state index contributed by atoms with van der Waals surface area (Å²) < 4.78 is 6.06. The van der Waals surface area contributed by atoms with Crippen LogP contribution in [0.2, 0.25) is 0 Å². The van der Waals surface area contributed by atoms with Gasteiger partial charge >= 0.3 is 6.03 Å². The molecule has 2 rings (SSSR count). The number of hydrogen-bond acceptors (Lipinski definition) is 4. The van der Waals surface area contributed by atoms with Crippen molar-refractivity contribution < 1.29 is 19.4 Å². The second kappa shape index (κ2) is 7.12. The lowest BCUT2D eigenvalue weighted by Gasteiger charge is -2.29. The first-order chi connectivity index (χ1) is 11.8. The average Bonchev–Trinajstić information content (AvgIpc) is 2.94. The highest BCUT2D eigenvalue weighted by atomic mass is 16.6.